The summed E-state index contributed by atoms with van der Waals surface area (Å²) in [5.41, 5.74) is -0.0271. The molecule has 3 heterocycles. The molecule has 2 aromatic rings. The number of aryl methyl sites for hydroxylation is 1. The molecule has 182 valence electrons. The second kappa shape index (κ2) is 9.99. The normalized spacial score (nSPS) is 22.4. The zero-order chi connectivity index (χ0) is 24.4. The second-order valence-electron chi connectivity index (χ2n) is 8.83. The number of sulfonamides is 1. The summed E-state index contributed by atoms with van der Waals surface area (Å²) in [5, 5.41) is 2.05. The lowest BCUT2D eigenvalue weighted by Gasteiger charge is -2.28. The van der Waals surface area contributed by atoms with Gasteiger partial charge >= 0.3 is 0 Å². The standard InChI is InChI=1S/C22H30ClFN4O4S/c1-5-17(24)16(23)9-14(2)26-21(29)19-20-18(12-28(19)4)33(30,31)27-22(3,13-32-20)10-15-7-6-8-25-11-15/h6-8,11-12,14,16-17,27H,5,9-10,13H2,1-4H3,(H,26,29). The molecule has 1 amide bonds. The molecule has 2 N–H and O–H groups in total. The van der Waals surface area contributed by atoms with E-state index in [2.05, 4.69) is 15.0 Å². The van der Waals surface area contributed by atoms with Crippen molar-refractivity contribution in [2.24, 2.45) is 7.05 Å². The van der Waals surface area contributed by atoms with Gasteiger partial charge in [0, 0.05) is 31.7 Å². The van der Waals surface area contributed by atoms with Crippen LogP contribution in [0.25, 0.3) is 0 Å². The molecule has 0 saturated heterocycles. The van der Waals surface area contributed by atoms with E-state index >= 15 is 0 Å². The number of amides is 1. The molecule has 0 saturated carbocycles. The maximum atomic E-state index is 13.8. The zero-order valence-electron chi connectivity index (χ0n) is 19.1. The number of hydrogen-bond donors (Lipinski definition) is 2. The van der Waals surface area contributed by atoms with Crippen molar-refractivity contribution in [3.05, 3.63) is 42.0 Å². The van der Waals surface area contributed by atoms with Crippen molar-refractivity contribution in [3.8, 4) is 5.75 Å². The highest BCUT2D eigenvalue weighted by Gasteiger charge is 2.40. The van der Waals surface area contributed by atoms with Crippen LogP contribution in [0.5, 0.6) is 5.75 Å². The molecule has 0 fully saturated rings. The van der Waals surface area contributed by atoms with Crippen molar-refractivity contribution in [1.82, 2.24) is 19.6 Å². The lowest BCUT2D eigenvalue weighted by atomic mass is 9.96. The quantitative estimate of drug-likeness (QED) is 0.542. The Labute approximate surface area is 198 Å². The number of ether oxygens (including phenoxy) is 1. The van der Waals surface area contributed by atoms with Crippen LogP contribution in [0.3, 0.4) is 0 Å². The van der Waals surface area contributed by atoms with Crippen molar-refractivity contribution >= 4 is 27.5 Å². The van der Waals surface area contributed by atoms with Crippen LogP contribution in [-0.2, 0) is 23.5 Å². The van der Waals surface area contributed by atoms with Crippen LogP contribution in [-0.4, -0.2) is 53.6 Å². The molecule has 33 heavy (non-hydrogen) atoms. The fraction of sp³-hybridized carbons (Fsp3) is 0.545. The van der Waals surface area contributed by atoms with Crippen LogP contribution in [0.1, 0.15) is 49.7 Å². The molecule has 8 nitrogen and oxygen atoms in total. The molecule has 11 heteroatoms. The molecule has 0 radical (unpaired) electrons. The summed E-state index contributed by atoms with van der Waals surface area (Å²) < 4.78 is 50.2. The van der Waals surface area contributed by atoms with E-state index in [0.29, 0.717) is 6.42 Å². The predicted molar refractivity (Wildman–Crippen MR) is 124 cm³/mol. The van der Waals surface area contributed by atoms with E-state index < -0.39 is 39.1 Å². The Morgan fingerprint density at radius 2 is 2.21 bits per heavy atom. The molecule has 1 aliphatic heterocycles. The number of nitrogens with one attached hydrogen (secondary N) is 2. The molecule has 2 aromatic heterocycles. The molecule has 0 aromatic carbocycles. The minimum Gasteiger partial charge on any atom is -0.488 e. The van der Waals surface area contributed by atoms with Gasteiger partial charge in [0.15, 0.2) is 11.4 Å². The van der Waals surface area contributed by atoms with Gasteiger partial charge in [-0.05, 0) is 44.7 Å². The van der Waals surface area contributed by atoms with Crippen molar-refractivity contribution in [2.45, 2.75) is 68.1 Å². The first-order valence-electron chi connectivity index (χ1n) is 10.8. The number of fused-ring (bicyclic) bond motifs is 1. The van der Waals surface area contributed by atoms with Crippen LogP contribution < -0.4 is 14.8 Å². The molecule has 1 aliphatic rings. The van der Waals surface area contributed by atoms with E-state index in [4.69, 9.17) is 16.3 Å². The summed E-state index contributed by atoms with van der Waals surface area (Å²) in [6.45, 7) is 5.18. The van der Waals surface area contributed by atoms with Crippen molar-refractivity contribution in [1.29, 1.82) is 0 Å². The third-order valence-electron chi connectivity index (χ3n) is 5.58. The Morgan fingerprint density at radius 1 is 1.48 bits per heavy atom. The van der Waals surface area contributed by atoms with Crippen LogP contribution in [0.2, 0.25) is 0 Å². The Hall–Kier alpha value is -2.17. The van der Waals surface area contributed by atoms with Gasteiger partial charge in [0.25, 0.3) is 5.91 Å². The molecule has 0 aliphatic carbocycles. The zero-order valence-corrected chi connectivity index (χ0v) is 20.7. The first-order chi connectivity index (χ1) is 15.5. The average molecular weight is 501 g/mol. The Bertz CT molecular complexity index is 1100. The summed E-state index contributed by atoms with van der Waals surface area (Å²) in [7, 11) is -2.40. The molecule has 0 spiro atoms. The van der Waals surface area contributed by atoms with Gasteiger partial charge in [0.2, 0.25) is 10.0 Å². The van der Waals surface area contributed by atoms with E-state index in [1.165, 1.54) is 10.8 Å². The minimum atomic E-state index is -3.97. The van der Waals surface area contributed by atoms with E-state index in [0.717, 1.165) is 5.56 Å². The van der Waals surface area contributed by atoms with Gasteiger partial charge in [-0.15, -0.1) is 11.6 Å². The highest BCUT2D eigenvalue weighted by molar-refractivity contribution is 7.89. The fourth-order valence-corrected chi connectivity index (χ4v) is 5.97. The molecule has 4 unspecified atom stereocenters. The highest BCUT2D eigenvalue weighted by atomic mass is 35.5. The van der Waals surface area contributed by atoms with Gasteiger partial charge in [-0.25, -0.2) is 17.5 Å². The smallest absolute Gasteiger partial charge is 0.272 e. The SMILES string of the molecule is CCC(F)C(Cl)CC(C)NC(=O)c1c2c(cn1C)S(=O)(=O)NC(C)(Cc1cccnc1)CO2. The number of carbonyl (C=O) groups excluding carboxylic acids is 1. The highest BCUT2D eigenvalue weighted by Crippen LogP contribution is 2.35. The van der Waals surface area contributed by atoms with Crippen molar-refractivity contribution in [3.63, 3.8) is 0 Å². The second-order valence-corrected chi connectivity index (χ2v) is 11.0. The Balaban J connectivity index is 1.83. The largest absolute Gasteiger partial charge is 0.488 e. The van der Waals surface area contributed by atoms with Gasteiger partial charge in [-0.2, -0.15) is 0 Å². The fourth-order valence-electron chi connectivity index (χ4n) is 3.94. The monoisotopic (exact) mass is 500 g/mol. The molecule has 0 bridgehead atoms. The van der Waals surface area contributed by atoms with E-state index in [1.54, 1.807) is 46.3 Å². The molecular weight excluding hydrogens is 471 g/mol. The Kier molecular flexibility index (Phi) is 7.70. The topological polar surface area (TPSA) is 102 Å². The number of hydrogen-bond acceptors (Lipinski definition) is 5. The number of rotatable bonds is 8. The lowest BCUT2D eigenvalue weighted by Crippen LogP contribution is -2.50. The van der Waals surface area contributed by atoms with Crippen LogP contribution >= 0.6 is 11.6 Å². The number of nitrogens with zero attached hydrogens (tertiary/aromatic N) is 2. The third kappa shape index (κ3) is 5.85. The van der Waals surface area contributed by atoms with E-state index in [-0.39, 0.29) is 35.8 Å². The number of pyridine rings is 1. The number of aromatic nitrogens is 2. The van der Waals surface area contributed by atoms with Gasteiger partial charge in [0.1, 0.15) is 17.7 Å². The van der Waals surface area contributed by atoms with E-state index in [9.17, 15) is 17.6 Å². The number of halogens is 2. The minimum absolute atomic E-state index is 0.0102. The molecular formula is C22H30ClFN4O4S. The van der Waals surface area contributed by atoms with E-state index in [1.807, 2.05) is 6.07 Å². The summed E-state index contributed by atoms with van der Waals surface area (Å²) >= 11 is 6.09. The van der Waals surface area contributed by atoms with Crippen LogP contribution in [0.4, 0.5) is 4.39 Å². The van der Waals surface area contributed by atoms with Gasteiger partial charge in [-0.1, -0.05) is 13.0 Å². The third-order valence-corrected chi connectivity index (χ3v) is 7.66. The summed E-state index contributed by atoms with van der Waals surface area (Å²) in [6, 6.07) is 3.21. The summed E-state index contributed by atoms with van der Waals surface area (Å²) in [6.07, 6.45) is 4.37. The Morgan fingerprint density at radius 3 is 2.85 bits per heavy atom. The average Bonchev–Trinajstić information content (AvgIpc) is 3.04. The van der Waals surface area contributed by atoms with Gasteiger partial charge in [-0.3, -0.25) is 9.78 Å². The van der Waals surface area contributed by atoms with Gasteiger partial charge < -0.3 is 14.6 Å². The summed E-state index contributed by atoms with van der Waals surface area (Å²) in [5.74, 6) is -0.531. The van der Waals surface area contributed by atoms with Crippen LogP contribution in [0, 0.1) is 0 Å². The number of carbonyl (C=O) groups is 1. The molecule has 3 rings (SSSR count). The predicted octanol–water partition coefficient (Wildman–Crippen LogP) is 2.96. The molecule has 4 atom stereocenters. The first kappa shape index (κ1) is 25.5. The van der Waals surface area contributed by atoms with Crippen LogP contribution in [0.15, 0.2) is 35.6 Å². The van der Waals surface area contributed by atoms with Crippen molar-refractivity contribution < 1.29 is 22.3 Å². The number of alkyl halides is 2. The van der Waals surface area contributed by atoms with Gasteiger partial charge in [0.05, 0.1) is 10.9 Å². The maximum absolute atomic E-state index is 13.8. The first-order valence-corrected chi connectivity index (χ1v) is 12.7. The summed E-state index contributed by atoms with van der Waals surface area (Å²) in [4.78, 5) is 17.0. The van der Waals surface area contributed by atoms with Crippen molar-refractivity contribution in [2.75, 3.05) is 6.61 Å². The lowest BCUT2D eigenvalue weighted by molar-refractivity contribution is 0.0921. The maximum Gasteiger partial charge on any atom is 0.272 e.